The van der Waals surface area contributed by atoms with E-state index in [0.717, 1.165) is 17.6 Å². The molecule has 0 aliphatic carbocycles. The summed E-state index contributed by atoms with van der Waals surface area (Å²) in [7, 11) is 0. The van der Waals surface area contributed by atoms with Gasteiger partial charge in [0.1, 0.15) is 0 Å². The molecule has 1 unspecified atom stereocenters. The third-order valence-electron chi connectivity index (χ3n) is 4.18. The van der Waals surface area contributed by atoms with Gasteiger partial charge < -0.3 is 10.0 Å². The highest BCUT2D eigenvalue weighted by Gasteiger charge is 2.41. The van der Waals surface area contributed by atoms with Gasteiger partial charge in [-0.05, 0) is 22.4 Å². The molecule has 1 aromatic rings. The molecule has 1 atom stereocenters. The van der Waals surface area contributed by atoms with Crippen LogP contribution in [0.2, 0.25) is 0 Å². The molecule has 1 N–H and O–H groups in total. The topological polar surface area (TPSA) is 61.6 Å². The van der Waals surface area contributed by atoms with E-state index >= 15 is 0 Å². The fourth-order valence-electron chi connectivity index (χ4n) is 3.02. The van der Waals surface area contributed by atoms with Crippen molar-refractivity contribution in [1.29, 1.82) is 0 Å². The molecular weight excluding hydrogens is 324 g/mol. The van der Waals surface area contributed by atoms with Crippen molar-refractivity contribution in [3.05, 3.63) is 16.9 Å². The van der Waals surface area contributed by atoms with E-state index < -0.39 is 5.60 Å². The van der Waals surface area contributed by atoms with Crippen LogP contribution in [0.5, 0.6) is 0 Å². The van der Waals surface area contributed by atoms with Crippen LogP contribution in [-0.4, -0.2) is 68.9 Å². The normalized spacial score (nSPS) is 27.9. The van der Waals surface area contributed by atoms with Crippen LogP contribution >= 0.6 is 15.9 Å². The second-order valence-corrected chi connectivity index (χ2v) is 6.82. The number of likely N-dealkylation sites (tertiary alicyclic amines) is 2. The largest absolute Gasteiger partial charge is 0.387 e. The number of aliphatic hydroxyl groups is 1. The maximum absolute atomic E-state index is 11.3. The quantitative estimate of drug-likeness (QED) is 0.868. The molecule has 110 valence electrons. The number of carbonyl (C=O) groups excluding carboxylic acids is 1. The summed E-state index contributed by atoms with van der Waals surface area (Å²) in [6.45, 7) is 5.11. The molecule has 2 fully saturated rings. The predicted octanol–water partition coefficient (Wildman–Crippen LogP) is 0.486. The lowest BCUT2D eigenvalue weighted by Crippen LogP contribution is -2.55. The number of carbonyl (C=O) groups is 1. The Labute approximate surface area is 126 Å². The minimum absolute atomic E-state index is 0.0452. The van der Waals surface area contributed by atoms with E-state index in [1.807, 2.05) is 10.9 Å². The van der Waals surface area contributed by atoms with E-state index in [1.165, 1.54) is 0 Å². The van der Waals surface area contributed by atoms with Gasteiger partial charge in [-0.2, -0.15) is 5.10 Å². The van der Waals surface area contributed by atoms with Crippen molar-refractivity contribution >= 4 is 21.8 Å². The maximum atomic E-state index is 11.3. The first-order valence-corrected chi connectivity index (χ1v) is 7.64. The number of nitrogens with zero attached hydrogens (tertiary/aromatic N) is 4. The number of hydrogen-bond acceptors (Lipinski definition) is 4. The number of β-amino-alcohol motifs (C(OH)–C–C–N with tert-alkyl or cyclic N) is 1. The van der Waals surface area contributed by atoms with Gasteiger partial charge >= 0.3 is 0 Å². The van der Waals surface area contributed by atoms with Gasteiger partial charge in [0, 0.05) is 39.3 Å². The average Bonchev–Trinajstić information content (AvgIpc) is 2.91. The minimum Gasteiger partial charge on any atom is -0.387 e. The molecular formula is C13H19BrN4O2. The molecule has 0 radical (unpaired) electrons. The molecule has 6 nitrogen and oxygen atoms in total. The van der Waals surface area contributed by atoms with Crippen LogP contribution in [0.1, 0.15) is 19.4 Å². The molecule has 0 aromatic carbocycles. The zero-order valence-electron chi connectivity index (χ0n) is 11.5. The van der Waals surface area contributed by atoms with Crippen molar-refractivity contribution in [3.8, 4) is 0 Å². The monoisotopic (exact) mass is 342 g/mol. The summed E-state index contributed by atoms with van der Waals surface area (Å²) in [6, 6.07) is 0.384. The summed E-state index contributed by atoms with van der Waals surface area (Å²) in [5.74, 6) is 0.0452. The zero-order chi connectivity index (χ0) is 14.3. The number of rotatable bonds is 3. The number of aromatic nitrogens is 2. The number of hydrogen-bond donors (Lipinski definition) is 1. The van der Waals surface area contributed by atoms with E-state index in [9.17, 15) is 9.90 Å². The Morgan fingerprint density at radius 3 is 2.90 bits per heavy atom. The van der Waals surface area contributed by atoms with Crippen LogP contribution < -0.4 is 0 Å². The number of halogens is 1. The van der Waals surface area contributed by atoms with Crippen LogP contribution in [0, 0.1) is 0 Å². The smallest absolute Gasteiger partial charge is 0.219 e. The molecule has 2 aliphatic heterocycles. The Morgan fingerprint density at radius 2 is 2.35 bits per heavy atom. The van der Waals surface area contributed by atoms with Crippen LogP contribution in [0.4, 0.5) is 0 Å². The second-order valence-electron chi connectivity index (χ2n) is 5.90. The van der Waals surface area contributed by atoms with E-state index in [1.54, 1.807) is 18.0 Å². The first-order chi connectivity index (χ1) is 9.45. The second kappa shape index (κ2) is 5.13. The van der Waals surface area contributed by atoms with Crippen molar-refractivity contribution in [2.45, 2.75) is 25.0 Å². The van der Waals surface area contributed by atoms with Crippen LogP contribution in [-0.2, 0) is 4.79 Å². The van der Waals surface area contributed by atoms with E-state index in [-0.39, 0.29) is 5.91 Å². The molecule has 0 saturated carbocycles. The lowest BCUT2D eigenvalue weighted by atomic mass is 9.99. The SMILES string of the molecule is CC(=O)N1CCC(O)(CN2CC(n3cc(Br)cn3)C2)C1. The molecule has 2 aliphatic rings. The summed E-state index contributed by atoms with van der Waals surface area (Å²) in [4.78, 5) is 15.3. The summed E-state index contributed by atoms with van der Waals surface area (Å²) in [6.07, 6.45) is 4.43. The van der Waals surface area contributed by atoms with Gasteiger partial charge in [-0.1, -0.05) is 0 Å². The van der Waals surface area contributed by atoms with E-state index in [4.69, 9.17) is 0 Å². The summed E-state index contributed by atoms with van der Waals surface area (Å²) < 4.78 is 2.95. The van der Waals surface area contributed by atoms with Gasteiger partial charge in [-0.3, -0.25) is 14.4 Å². The summed E-state index contributed by atoms with van der Waals surface area (Å²) in [5.41, 5.74) is -0.749. The van der Waals surface area contributed by atoms with Crippen molar-refractivity contribution in [2.24, 2.45) is 0 Å². The first kappa shape index (κ1) is 14.0. The van der Waals surface area contributed by atoms with Crippen LogP contribution in [0.3, 0.4) is 0 Å². The Hall–Kier alpha value is -0.920. The third-order valence-corrected chi connectivity index (χ3v) is 4.59. The fraction of sp³-hybridized carbons (Fsp3) is 0.692. The van der Waals surface area contributed by atoms with Crippen molar-refractivity contribution in [2.75, 3.05) is 32.7 Å². The van der Waals surface area contributed by atoms with Crippen molar-refractivity contribution in [3.63, 3.8) is 0 Å². The number of amides is 1. The van der Waals surface area contributed by atoms with Crippen LogP contribution in [0.15, 0.2) is 16.9 Å². The first-order valence-electron chi connectivity index (χ1n) is 6.85. The summed E-state index contributed by atoms with van der Waals surface area (Å²) in [5, 5.41) is 14.8. The molecule has 7 heteroatoms. The highest BCUT2D eigenvalue weighted by atomic mass is 79.9. The van der Waals surface area contributed by atoms with E-state index in [0.29, 0.717) is 32.1 Å². The molecule has 2 saturated heterocycles. The van der Waals surface area contributed by atoms with Gasteiger partial charge in [0.15, 0.2) is 0 Å². The molecule has 1 amide bonds. The van der Waals surface area contributed by atoms with Crippen molar-refractivity contribution in [1.82, 2.24) is 19.6 Å². The Kier molecular flexibility index (Phi) is 3.60. The lowest BCUT2D eigenvalue weighted by molar-refractivity contribution is -0.129. The van der Waals surface area contributed by atoms with Crippen molar-refractivity contribution < 1.29 is 9.90 Å². The molecule has 3 heterocycles. The summed E-state index contributed by atoms with van der Waals surface area (Å²) >= 11 is 3.39. The van der Waals surface area contributed by atoms with Gasteiger partial charge in [0.25, 0.3) is 0 Å². The average molecular weight is 343 g/mol. The molecule has 1 aromatic heterocycles. The highest BCUT2D eigenvalue weighted by Crippen LogP contribution is 2.28. The van der Waals surface area contributed by atoms with Gasteiger partial charge in [-0.25, -0.2) is 0 Å². The molecule has 3 rings (SSSR count). The molecule has 20 heavy (non-hydrogen) atoms. The standard InChI is InChI=1S/C13H19BrN4O2/c1-10(19)17-3-2-13(20,9-17)8-16-6-12(7-16)18-5-11(14)4-15-18/h4-5,12,20H,2-3,6-9H2,1H3. The van der Waals surface area contributed by atoms with Crippen LogP contribution in [0.25, 0.3) is 0 Å². The van der Waals surface area contributed by atoms with Gasteiger partial charge in [-0.15, -0.1) is 0 Å². The lowest BCUT2D eigenvalue weighted by Gasteiger charge is -2.42. The van der Waals surface area contributed by atoms with Gasteiger partial charge in [0.05, 0.1) is 28.9 Å². The molecule has 0 bridgehead atoms. The maximum Gasteiger partial charge on any atom is 0.219 e. The third kappa shape index (κ3) is 2.75. The van der Waals surface area contributed by atoms with Gasteiger partial charge in [0.2, 0.25) is 5.91 Å². The fourth-order valence-corrected chi connectivity index (χ4v) is 3.33. The Morgan fingerprint density at radius 1 is 1.60 bits per heavy atom. The Bertz CT molecular complexity index is 514. The molecule has 0 spiro atoms. The minimum atomic E-state index is -0.749. The highest BCUT2D eigenvalue weighted by molar-refractivity contribution is 9.10. The Balaban J connectivity index is 1.50. The van der Waals surface area contributed by atoms with E-state index in [2.05, 4.69) is 25.9 Å². The zero-order valence-corrected chi connectivity index (χ0v) is 13.1. The predicted molar refractivity (Wildman–Crippen MR) is 77.2 cm³/mol.